The van der Waals surface area contributed by atoms with Crippen molar-refractivity contribution >= 4 is 0 Å². The van der Waals surface area contributed by atoms with Gasteiger partial charge in [0.2, 0.25) is 0 Å². The Morgan fingerprint density at radius 2 is 1.59 bits per heavy atom. The van der Waals surface area contributed by atoms with Crippen LogP contribution >= 0.6 is 0 Å². The van der Waals surface area contributed by atoms with Gasteiger partial charge in [-0.15, -0.1) is 0 Å². The molecule has 0 radical (unpaired) electrons. The van der Waals surface area contributed by atoms with Gasteiger partial charge >= 0.3 is 0 Å². The van der Waals surface area contributed by atoms with Crippen molar-refractivity contribution in [2.24, 2.45) is 40.4 Å². The molecule has 0 aromatic heterocycles. The zero-order chi connectivity index (χ0) is 15.7. The van der Waals surface area contributed by atoms with E-state index in [1.807, 2.05) is 0 Å². The van der Waals surface area contributed by atoms with E-state index in [2.05, 4.69) is 20.8 Å². The lowest BCUT2D eigenvalue weighted by atomic mass is 9.44. The highest BCUT2D eigenvalue weighted by atomic mass is 16.3. The Morgan fingerprint density at radius 3 is 2.36 bits per heavy atom. The van der Waals surface area contributed by atoms with Gasteiger partial charge in [0, 0.05) is 0 Å². The summed E-state index contributed by atoms with van der Waals surface area (Å²) >= 11 is 0. The van der Waals surface area contributed by atoms with Crippen LogP contribution in [0, 0.1) is 40.4 Å². The highest BCUT2D eigenvalue weighted by molar-refractivity contribution is 5.09. The summed E-state index contributed by atoms with van der Waals surface area (Å²) in [5, 5.41) is 20.8. The summed E-state index contributed by atoms with van der Waals surface area (Å²) in [4.78, 5) is 0. The predicted molar refractivity (Wildman–Crippen MR) is 88.3 cm³/mol. The van der Waals surface area contributed by atoms with Gasteiger partial charge in [0.15, 0.2) is 0 Å². The summed E-state index contributed by atoms with van der Waals surface area (Å²) in [5.74, 6) is 3.61. The molecule has 0 aromatic rings. The zero-order valence-corrected chi connectivity index (χ0v) is 14.6. The summed E-state index contributed by atoms with van der Waals surface area (Å²) in [6.45, 7) is 7.17. The molecule has 4 saturated carbocycles. The van der Waals surface area contributed by atoms with Gasteiger partial charge in [0.05, 0.1) is 12.2 Å². The van der Waals surface area contributed by atoms with Gasteiger partial charge in [-0.05, 0) is 91.8 Å². The van der Waals surface area contributed by atoms with Crippen LogP contribution in [0.3, 0.4) is 0 Å². The fourth-order valence-corrected chi connectivity index (χ4v) is 7.57. The third kappa shape index (κ3) is 1.92. The van der Waals surface area contributed by atoms with Gasteiger partial charge in [-0.25, -0.2) is 0 Å². The molecule has 126 valence electrons. The number of aliphatic hydroxyl groups is 2. The molecular formula is C20H34O2. The lowest BCUT2D eigenvalue weighted by Crippen LogP contribution is -2.55. The van der Waals surface area contributed by atoms with Crippen LogP contribution < -0.4 is 0 Å². The van der Waals surface area contributed by atoms with Crippen LogP contribution in [0.2, 0.25) is 0 Å². The minimum Gasteiger partial charge on any atom is -0.393 e. The maximum atomic E-state index is 10.5. The number of rotatable bonds is 0. The van der Waals surface area contributed by atoms with Gasteiger partial charge in [-0.1, -0.05) is 20.8 Å². The van der Waals surface area contributed by atoms with Crippen molar-refractivity contribution < 1.29 is 10.2 Å². The number of fused-ring (bicyclic) bond motifs is 5. The fourth-order valence-electron chi connectivity index (χ4n) is 7.57. The second-order valence-corrected chi connectivity index (χ2v) is 9.78. The molecule has 4 aliphatic rings. The molecule has 22 heavy (non-hydrogen) atoms. The molecule has 0 saturated heterocycles. The van der Waals surface area contributed by atoms with Crippen LogP contribution in [0.25, 0.3) is 0 Å². The van der Waals surface area contributed by atoms with Crippen molar-refractivity contribution in [1.29, 1.82) is 0 Å². The molecule has 4 fully saturated rings. The van der Waals surface area contributed by atoms with E-state index in [9.17, 15) is 10.2 Å². The monoisotopic (exact) mass is 306 g/mol. The van der Waals surface area contributed by atoms with E-state index in [4.69, 9.17) is 0 Å². The fraction of sp³-hybridized carbons (Fsp3) is 1.00. The Hall–Kier alpha value is -0.0800. The molecule has 0 aliphatic heterocycles. The first-order valence-corrected chi connectivity index (χ1v) is 9.72. The number of hydrogen-bond donors (Lipinski definition) is 2. The molecule has 0 amide bonds. The van der Waals surface area contributed by atoms with Crippen molar-refractivity contribution in [2.75, 3.05) is 0 Å². The first-order chi connectivity index (χ1) is 10.4. The molecule has 0 heterocycles. The van der Waals surface area contributed by atoms with Crippen molar-refractivity contribution in [3.63, 3.8) is 0 Å². The maximum absolute atomic E-state index is 10.5. The van der Waals surface area contributed by atoms with Crippen LogP contribution in [0.4, 0.5) is 0 Å². The molecule has 9 atom stereocenters. The minimum absolute atomic E-state index is 0.0592. The smallest absolute Gasteiger partial charge is 0.0596 e. The summed E-state index contributed by atoms with van der Waals surface area (Å²) in [5.41, 5.74) is 0.639. The lowest BCUT2D eigenvalue weighted by molar-refractivity contribution is -0.145. The van der Waals surface area contributed by atoms with Crippen molar-refractivity contribution in [3.8, 4) is 0 Å². The molecule has 2 heteroatoms. The van der Waals surface area contributed by atoms with Crippen LogP contribution in [-0.2, 0) is 0 Å². The third-order valence-corrected chi connectivity index (χ3v) is 8.96. The molecule has 0 unspecified atom stereocenters. The highest BCUT2D eigenvalue weighted by Crippen LogP contribution is 2.66. The lowest BCUT2D eigenvalue weighted by Gasteiger charge is -2.61. The largest absolute Gasteiger partial charge is 0.393 e. The van der Waals surface area contributed by atoms with Crippen molar-refractivity contribution in [2.45, 2.75) is 84.3 Å². The molecule has 4 aliphatic carbocycles. The SMILES string of the molecule is C[C@@H]1C[C@@]2(C)[C@H](CC[C@@H]3[C@@H]2CC[C@]2(C)[C@@H](O)CC[C@@H]32)C[C@@H]1O. The Bertz CT molecular complexity index is 449. The Labute approximate surface area is 135 Å². The van der Waals surface area contributed by atoms with E-state index in [0.717, 1.165) is 36.5 Å². The molecule has 2 N–H and O–H groups in total. The van der Waals surface area contributed by atoms with E-state index in [1.54, 1.807) is 0 Å². The number of aliphatic hydroxyl groups excluding tert-OH is 2. The van der Waals surface area contributed by atoms with Crippen molar-refractivity contribution in [1.82, 2.24) is 0 Å². The van der Waals surface area contributed by atoms with Gasteiger partial charge < -0.3 is 10.2 Å². The normalized spacial score (nSPS) is 61.2. The second kappa shape index (κ2) is 4.96. The van der Waals surface area contributed by atoms with Crippen LogP contribution in [0.1, 0.15) is 72.1 Å². The Kier molecular flexibility index (Phi) is 3.48. The van der Waals surface area contributed by atoms with E-state index >= 15 is 0 Å². The van der Waals surface area contributed by atoms with E-state index < -0.39 is 0 Å². The van der Waals surface area contributed by atoms with Crippen LogP contribution in [0.5, 0.6) is 0 Å². The third-order valence-electron chi connectivity index (χ3n) is 8.96. The van der Waals surface area contributed by atoms with Gasteiger partial charge in [-0.3, -0.25) is 0 Å². The quantitative estimate of drug-likeness (QED) is 0.710. The molecule has 0 spiro atoms. The zero-order valence-electron chi connectivity index (χ0n) is 14.6. The predicted octanol–water partition coefficient (Wildman–Crippen LogP) is 4.00. The van der Waals surface area contributed by atoms with Gasteiger partial charge in [0.25, 0.3) is 0 Å². The van der Waals surface area contributed by atoms with E-state index in [1.165, 1.54) is 38.5 Å². The maximum Gasteiger partial charge on any atom is 0.0596 e. The van der Waals surface area contributed by atoms with Gasteiger partial charge in [-0.2, -0.15) is 0 Å². The standard InChI is InChI=1S/C20H34O2/c1-12-11-20(3)13(10-17(12)21)4-5-14-15-6-7-18(22)19(15,2)9-8-16(14)20/h12-18,21-22H,4-11H2,1-3H3/t12-,13-,14+,15+,16+,17+,18+,19+,20+/m1/s1. The summed E-state index contributed by atoms with van der Waals surface area (Å²) in [6.07, 6.45) is 9.58. The highest BCUT2D eigenvalue weighted by Gasteiger charge is 2.60. The Morgan fingerprint density at radius 1 is 0.864 bits per heavy atom. The van der Waals surface area contributed by atoms with E-state index in [0.29, 0.717) is 11.3 Å². The topological polar surface area (TPSA) is 40.5 Å². The summed E-state index contributed by atoms with van der Waals surface area (Å²) in [7, 11) is 0. The molecule has 4 rings (SSSR count). The minimum atomic E-state index is -0.0724. The average molecular weight is 306 g/mol. The Balaban J connectivity index is 1.63. The summed E-state index contributed by atoms with van der Waals surface area (Å²) in [6, 6.07) is 0. The first-order valence-electron chi connectivity index (χ1n) is 9.72. The first kappa shape index (κ1) is 15.4. The van der Waals surface area contributed by atoms with Crippen molar-refractivity contribution in [3.05, 3.63) is 0 Å². The average Bonchev–Trinajstić information content (AvgIpc) is 2.77. The second-order valence-electron chi connectivity index (χ2n) is 9.78. The van der Waals surface area contributed by atoms with Crippen LogP contribution in [0.15, 0.2) is 0 Å². The molecule has 2 nitrogen and oxygen atoms in total. The molecular weight excluding hydrogens is 272 g/mol. The summed E-state index contributed by atoms with van der Waals surface area (Å²) < 4.78 is 0. The number of hydrogen-bond acceptors (Lipinski definition) is 2. The van der Waals surface area contributed by atoms with E-state index in [-0.39, 0.29) is 17.6 Å². The molecule has 0 aromatic carbocycles. The molecule has 0 bridgehead atoms. The van der Waals surface area contributed by atoms with Crippen LogP contribution in [-0.4, -0.2) is 22.4 Å². The van der Waals surface area contributed by atoms with Gasteiger partial charge in [0.1, 0.15) is 0 Å².